The van der Waals surface area contributed by atoms with Gasteiger partial charge in [-0.1, -0.05) is 23.2 Å². The molecule has 1 N–H and O–H groups in total. The highest BCUT2D eigenvalue weighted by Gasteiger charge is 2.50. The van der Waals surface area contributed by atoms with Gasteiger partial charge in [0.05, 0.1) is 12.3 Å². The van der Waals surface area contributed by atoms with Crippen LogP contribution in [-0.2, 0) is 15.2 Å². The number of anilines is 1. The molecule has 2 aromatic carbocycles. The summed E-state index contributed by atoms with van der Waals surface area (Å²) in [5, 5.41) is 12.0. The molecule has 7 heteroatoms. The van der Waals surface area contributed by atoms with Crippen LogP contribution in [0.1, 0.15) is 25.3 Å². The van der Waals surface area contributed by atoms with Gasteiger partial charge in [0.25, 0.3) is 5.91 Å². The van der Waals surface area contributed by atoms with Gasteiger partial charge in [-0.15, -0.1) is 0 Å². The van der Waals surface area contributed by atoms with Crippen molar-refractivity contribution in [3.8, 4) is 5.75 Å². The van der Waals surface area contributed by atoms with Crippen LogP contribution in [0.15, 0.2) is 42.5 Å². The SMILES string of the molecule is CC(=O)CC1(O)C(=O)N(CCCOc2ccc(Cl)cc2)c2ccc(Cl)cc21. The van der Waals surface area contributed by atoms with Crippen LogP contribution in [0.3, 0.4) is 0 Å². The molecule has 1 amide bonds. The molecule has 0 aliphatic carbocycles. The van der Waals surface area contributed by atoms with E-state index < -0.39 is 11.5 Å². The molecule has 2 aromatic rings. The van der Waals surface area contributed by atoms with Gasteiger partial charge >= 0.3 is 0 Å². The molecular formula is C20H19Cl2NO4. The van der Waals surface area contributed by atoms with Crippen LogP contribution >= 0.6 is 23.2 Å². The number of benzene rings is 2. The van der Waals surface area contributed by atoms with Gasteiger partial charge in [-0.25, -0.2) is 0 Å². The standard InChI is InChI=1S/C20H19Cl2NO4/c1-13(24)12-20(26)17-11-15(22)5-8-18(17)23(19(20)25)9-2-10-27-16-6-3-14(21)4-7-16/h3-8,11,26H,2,9-10,12H2,1H3. The summed E-state index contributed by atoms with van der Waals surface area (Å²) in [6, 6.07) is 11.9. The average Bonchev–Trinajstić information content (AvgIpc) is 2.81. The number of amides is 1. The van der Waals surface area contributed by atoms with E-state index in [0.29, 0.717) is 46.6 Å². The Kier molecular flexibility index (Phi) is 5.75. The molecule has 0 bridgehead atoms. The number of ketones is 1. The summed E-state index contributed by atoms with van der Waals surface area (Å²) in [4.78, 5) is 25.9. The summed E-state index contributed by atoms with van der Waals surface area (Å²) in [6.45, 7) is 2.08. The molecular weight excluding hydrogens is 389 g/mol. The van der Waals surface area contributed by atoms with Crippen molar-refractivity contribution >= 4 is 40.6 Å². The van der Waals surface area contributed by atoms with E-state index >= 15 is 0 Å². The second kappa shape index (κ2) is 7.89. The lowest BCUT2D eigenvalue weighted by Gasteiger charge is -2.22. The third-order valence-electron chi connectivity index (χ3n) is 4.41. The van der Waals surface area contributed by atoms with E-state index in [9.17, 15) is 14.7 Å². The highest BCUT2D eigenvalue weighted by molar-refractivity contribution is 6.31. The van der Waals surface area contributed by atoms with E-state index in [1.165, 1.54) is 11.8 Å². The van der Waals surface area contributed by atoms with Crippen molar-refractivity contribution in [2.24, 2.45) is 0 Å². The predicted molar refractivity (Wildman–Crippen MR) is 105 cm³/mol. The summed E-state index contributed by atoms with van der Waals surface area (Å²) >= 11 is 11.9. The molecule has 1 aliphatic rings. The molecule has 0 saturated carbocycles. The Morgan fingerprint density at radius 1 is 1.15 bits per heavy atom. The molecule has 5 nitrogen and oxygen atoms in total. The van der Waals surface area contributed by atoms with Crippen LogP contribution in [0.5, 0.6) is 5.75 Å². The zero-order valence-electron chi connectivity index (χ0n) is 14.7. The van der Waals surface area contributed by atoms with Gasteiger partial charge < -0.3 is 14.7 Å². The Bertz CT molecular complexity index is 869. The molecule has 0 fully saturated rings. The monoisotopic (exact) mass is 407 g/mol. The number of ether oxygens (including phenoxy) is 1. The van der Waals surface area contributed by atoms with E-state index in [-0.39, 0.29) is 12.2 Å². The van der Waals surface area contributed by atoms with Gasteiger partial charge in [0.1, 0.15) is 11.5 Å². The Morgan fingerprint density at radius 3 is 2.48 bits per heavy atom. The number of hydrogen-bond donors (Lipinski definition) is 1. The van der Waals surface area contributed by atoms with Gasteiger partial charge in [0, 0.05) is 28.6 Å². The Labute approximate surface area is 167 Å². The van der Waals surface area contributed by atoms with Crippen LogP contribution in [0.4, 0.5) is 5.69 Å². The number of hydrogen-bond acceptors (Lipinski definition) is 4. The molecule has 1 heterocycles. The van der Waals surface area contributed by atoms with Crippen molar-refractivity contribution in [1.82, 2.24) is 0 Å². The van der Waals surface area contributed by atoms with Crippen molar-refractivity contribution in [2.75, 3.05) is 18.1 Å². The molecule has 1 atom stereocenters. The van der Waals surface area contributed by atoms with Crippen LogP contribution in [0.25, 0.3) is 0 Å². The fourth-order valence-corrected chi connectivity index (χ4v) is 3.52. The van der Waals surface area contributed by atoms with E-state index in [4.69, 9.17) is 27.9 Å². The lowest BCUT2D eigenvalue weighted by molar-refractivity contribution is -0.141. The summed E-state index contributed by atoms with van der Waals surface area (Å²) in [6.07, 6.45) is 0.267. The highest BCUT2D eigenvalue weighted by Crippen LogP contribution is 2.43. The molecule has 1 aliphatic heterocycles. The van der Waals surface area contributed by atoms with Gasteiger partial charge in [-0.05, 0) is 55.8 Å². The maximum Gasteiger partial charge on any atom is 0.264 e. The number of nitrogens with zero attached hydrogens (tertiary/aromatic N) is 1. The van der Waals surface area contributed by atoms with Crippen LogP contribution in [-0.4, -0.2) is 29.9 Å². The molecule has 0 radical (unpaired) electrons. The van der Waals surface area contributed by atoms with E-state index in [1.807, 2.05) is 0 Å². The summed E-state index contributed by atoms with van der Waals surface area (Å²) in [5.41, 5.74) is -0.934. The van der Waals surface area contributed by atoms with Gasteiger partial charge in [0.2, 0.25) is 0 Å². The normalized spacial score (nSPS) is 18.5. The summed E-state index contributed by atoms with van der Waals surface area (Å²) in [7, 11) is 0. The largest absolute Gasteiger partial charge is 0.494 e. The smallest absolute Gasteiger partial charge is 0.264 e. The summed E-state index contributed by atoms with van der Waals surface area (Å²) < 4.78 is 5.65. The minimum Gasteiger partial charge on any atom is -0.494 e. The first-order valence-corrected chi connectivity index (χ1v) is 9.29. The minimum absolute atomic E-state index is 0.273. The van der Waals surface area contributed by atoms with Crippen molar-refractivity contribution in [3.05, 3.63) is 58.1 Å². The van der Waals surface area contributed by atoms with Crippen LogP contribution < -0.4 is 9.64 Å². The van der Waals surface area contributed by atoms with Crippen LogP contribution in [0.2, 0.25) is 10.0 Å². The first kappa shape index (κ1) is 19.7. The zero-order valence-corrected chi connectivity index (χ0v) is 16.3. The fourth-order valence-electron chi connectivity index (χ4n) is 3.22. The molecule has 0 aromatic heterocycles. The number of Topliss-reactive ketones (excluding diaryl/α,β-unsaturated/α-hetero) is 1. The minimum atomic E-state index is -1.87. The van der Waals surface area contributed by atoms with Gasteiger partial charge in [-0.3, -0.25) is 9.59 Å². The van der Waals surface area contributed by atoms with Crippen molar-refractivity contribution in [2.45, 2.75) is 25.4 Å². The molecule has 1 unspecified atom stereocenters. The lowest BCUT2D eigenvalue weighted by atomic mass is 9.90. The zero-order chi connectivity index (χ0) is 19.6. The van der Waals surface area contributed by atoms with Gasteiger partial charge in [-0.2, -0.15) is 0 Å². The molecule has 0 spiro atoms. The van der Waals surface area contributed by atoms with Crippen molar-refractivity contribution in [1.29, 1.82) is 0 Å². The van der Waals surface area contributed by atoms with E-state index in [1.54, 1.807) is 42.5 Å². The molecule has 27 heavy (non-hydrogen) atoms. The number of carbonyl (C=O) groups is 2. The maximum absolute atomic E-state index is 12.9. The average molecular weight is 408 g/mol. The van der Waals surface area contributed by atoms with E-state index in [2.05, 4.69) is 0 Å². The third-order valence-corrected chi connectivity index (χ3v) is 4.89. The second-order valence-corrected chi connectivity index (χ2v) is 7.39. The Morgan fingerprint density at radius 2 is 1.81 bits per heavy atom. The van der Waals surface area contributed by atoms with Crippen molar-refractivity contribution < 1.29 is 19.4 Å². The number of fused-ring (bicyclic) bond motifs is 1. The maximum atomic E-state index is 12.9. The fraction of sp³-hybridized carbons (Fsp3) is 0.300. The predicted octanol–water partition coefficient (Wildman–Crippen LogP) is 3.98. The van der Waals surface area contributed by atoms with Crippen LogP contribution in [0, 0.1) is 0 Å². The summed E-state index contributed by atoms with van der Waals surface area (Å²) in [5.74, 6) is -0.0985. The number of carbonyl (C=O) groups excluding carboxylic acids is 2. The first-order chi connectivity index (χ1) is 12.8. The number of aliphatic hydroxyl groups is 1. The number of rotatable bonds is 7. The topological polar surface area (TPSA) is 66.8 Å². The Balaban J connectivity index is 1.71. The van der Waals surface area contributed by atoms with Crippen molar-refractivity contribution in [3.63, 3.8) is 0 Å². The molecule has 3 rings (SSSR count). The highest BCUT2D eigenvalue weighted by atomic mass is 35.5. The van der Waals surface area contributed by atoms with E-state index in [0.717, 1.165) is 0 Å². The third kappa shape index (κ3) is 4.10. The first-order valence-electron chi connectivity index (χ1n) is 8.53. The lowest BCUT2D eigenvalue weighted by Crippen LogP contribution is -2.42. The quantitative estimate of drug-likeness (QED) is 0.704. The number of halogens is 2. The molecule has 0 saturated heterocycles. The Hall–Kier alpha value is -2.08. The molecule has 142 valence electrons. The second-order valence-electron chi connectivity index (χ2n) is 6.51. The van der Waals surface area contributed by atoms with Gasteiger partial charge in [0.15, 0.2) is 5.60 Å².